The lowest BCUT2D eigenvalue weighted by Gasteiger charge is -2.11. The minimum atomic E-state index is -1.16. The van der Waals surface area contributed by atoms with Crippen LogP contribution in [0.4, 0.5) is 4.39 Å². The van der Waals surface area contributed by atoms with E-state index in [9.17, 15) is 9.18 Å². The zero-order valence-electron chi connectivity index (χ0n) is 8.13. The maximum Gasteiger partial charge on any atom is 0.320 e. The monoisotopic (exact) mass is 231 g/mol. The molecule has 3 N–H and O–H groups in total. The molecule has 1 rings (SSSR count). The van der Waals surface area contributed by atoms with E-state index >= 15 is 0 Å². The molecule has 0 fully saturated rings. The highest BCUT2D eigenvalue weighted by Gasteiger charge is 2.17. The van der Waals surface area contributed by atoms with Gasteiger partial charge in [0.15, 0.2) is 0 Å². The van der Waals surface area contributed by atoms with Crippen molar-refractivity contribution in [3.05, 3.63) is 34.1 Å². The first-order valence-corrected chi connectivity index (χ1v) is 4.73. The molecule has 0 bridgehead atoms. The molecule has 0 saturated heterocycles. The minimum Gasteiger partial charge on any atom is -0.480 e. The SMILES string of the molecule is Cc1c(Cl)ccc(F)c1CC(N)C(=O)O. The van der Waals surface area contributed by atoms with Crippen LogP contribution in [0.3, 0.4) is 0 Å². The summed E-state index contributed by atoms with van der Waals surface area (Å²) in [5.41, 5.74) is 6.12. The van der Waals surface area contributed by atoms with Crippen LogP contribution in [0.15, 0.2) is 12.1 Å². The Kier molecular flexibility index (Phi) is 3.66. The second-order valence-electron chi connectivity index (χ2n) is 3.28. The number of halogens is 2. The summed E-state index contributed by atoms with van der Waals surface area (Å²) in [4.78, 5) is 10.5. The van der Waals surface area contributed by atoms with Gasteiger partial charge in [0.2, 0.25) is 0 Å². The quantitative estimate of drug-likeness (QED) is 0.833. The van der Waals surface area contributed by atoms with Gasteiger partial charge in [-0.25, -0.2) is 4.39 Å². The van der Waals surface area contributed by atoms with E-state index in [4.69, 9.17) is 22.4 Å². The van der Waals surface area contributed by atoms with Crippen LogP contribution in [0.5, 0.6) is 0 Å². The number of rotatable bonds is 3. The lowest BCUT2D eigenvalue weighted by atomic mass is 10.0. The van der Waals surface area contributed by atoms with Crippen molar-refractivity contribution in [1.29, 1.82) is 0 Å². The van der Waals surface area contributed by atoms with Crippen LogP contribution in [0.1, 0.15) is 11.1 Å². The van der Waals surface area contributed by atoms with Gasteiger partial charge in [-0.3, -0.25) is 4.79 Å². The van der Waals surface area contributed by atoms with Crippen molar-refractivity contribution in [2.75, 3.05) is 0 Å². The molecule has 82 valence electrons. The highest BCUT2D eigenvalue weighted by molar-refractivity contribution is 6.31. The summed E-state index contributed by atoms with van der Waals surface area (Å²) >= 11 is 5.79. The number of carbonyl (C=O) groups is 1. The molecule has 1 atom stereocenters. The van der Waals surface area contributed by atoms with E-state index in [1.165, 1.54) is 12.1 Å². The third kappa shape index (κ3) is 2.67. The molecule has 0 aromatic heterocycles. The summed E-state index contributed by atoms with van der Waals surface area (Å²) in [6, 6.07) is 1.53. The van der Waals surface area contributed by atoms with Gasteiger partial charge < -0.3 is 10.8 Å². The van der Waals surface area contributed by atoms with E-state index in [1.807, 2.05) is 0 Å². The molecule has 1 aromatic rings. The van der Waals surface area contributed by atoms with Crippen molar-refractivity contribution < 1.29 is 14.3 Å². The number of benzene rings is 1. The molecule has 0 aliphatic rings. The van der Waals surface area contributed by atoms with Gasteiger partial charge in [-0.2, -0.15) is 0 Å². The zero-order valence-corrected chi connectivity index (χ0v) is 8.88. The Morgan fingerprint density at radius 2 is 2.27 bits per heavy atom. The standard InChI is InChI=1S/C10H11ClFNO2/c1-5-6(4-9(13)10(14)15)8(12)3-2-7(5)11/h2-3,9H,4,13H2,1H3,(H,14,15). The summed E-state index contributed by atoms with van der Waals surface area (Å²) in [5, 5.41) is 9.02. The van der Waals surface area contributed by atoms with Crippen molar-refractivity contribution >= 4 is 17.6 Å². The number of carboxylic acid groups (broad SMARTS) is 1. The topological polar surface area (TPSA) is 63.3 Å². The van der Waals surface area contributed by atoms with Crippen LogP contribution < -0.4 is 5.73 Å². The highest BCUT2D eigenvalue weighted by Crippen LogP contribution is 2.22. The Morgan fingerprint density at radius 1 is 1.67 bits per heavy atom. The molecule has 0 aliphatic heterocycles. The molecule has 0 amide bonds. The van der Waals surface area contributed by atoms with Gasteiger partial charge in [-0.05, 0) is 30.2 Å². The van der Waals surface area contributed by atoms with Crippen molar-refractivity contribution in [1.82, 2.24) is 0 Å². The van der Waals surface area contributed by atoms with Gasteiger partial charge in [0.25, 0.3) is 0 Å². The number of aliphatic carboxylic acids is 1. The third-order valence-electron chi connectivity index (χ3n) is 2.22. The smallest absolute Gasteiger partial charge is 0.320 e. The molecular formula is C10H11ClFNO2. The van der Waals surface area contributed by atoms with Crippen LogP contribution >= 0.6 is 11.6 Å². The molecule has 1 aromatic carbocycles. The van der Waals surface area contributed by atoms with E-state index in [0.717, 1.165) is 0 Å². The van der Waals surface area contributed by atoms with E-state index in [2.05, 4.69) is 0 Å². The molecule has 0 radical (unpaired) electrons. The maximum atomic E-state index is 13.3. The summed E-state index contributed by atoms with van der Waals surface area (Å²) in [6.45, 7) is 1.63. The fourth-order valence-electron chi connectivity index (χ4n) is 1.25. The first-order valence-electron chi connectivity index (χ1n) is 4.35. The maximum absolute atomic E-state index is 13.3. The average Bonchev–Trinajstić information content (AvgIpc) is 2.18. The van der Waals surface area contributed by atoms with Gasteiger partial charge in [-0.1, -0.05) is 11.6 Å². The average molecular weight is 232 g/mol. The largest absolute Gasteiger partial charge is 0.480 e. The van der Waals surface area contributed by atoms with Crippen molar-refractivity contribution in [3.8, 4) is 0 Å². The first kappa shape index (κ1) is 11.9. The molecule has 0 heterocycles. The van der Waals surface area contributed by atoms with Gasteiger partial charge >= 0.3 is 5.97 Å². The van der Waals surface area contributed by atoms with E-state index in [-0.39, 0.29) is 12.0 Å². The summed E-state index contributed by atoms with van der Waals surface area (Å²) in [7, 11) is 0. The molecule has 0 aliphatic carbocycles. The van der Waals surface area contributed by atoms with Crippen molar-refractivity contribution in [3.63, 3.8) is 0 Å². The van der Waals surface area contributed by atoms with Gasteiger partial charge in [0.1, 0.15) is 11.9 Å². The Balaban J connectivity index is 3.03. The molecule has 1 unspecified atom stereocenters. The molecule has 5 heteroatoms. The number of nitrogens with two attached hydrogens (primary N) is 1. The van der Waals surface area contributed by atoms with Gasteiger partial charge in [-0.15, -0.1) is 0 Å². The predicted octanol–water partition coefficient (Wildman–Crippen LogP) is 1.74. The van der Waals surface area contributed by atoms with Crippen molar-refractivity contribution in [2.24, 2.45) is 5.73 Å². The Hall–Kier alpha value is -1.13. The van der Waals surface area contributed by atoms with Crippen molar-refractivity contribution in [2.45, 2.75) is 19.4 Å². The zero-order chi connectivity index (χ0) is 11.6. The number of hydrogen-bond donors (Lipinski definition) is 2. The molecule has 0 spiro atoms. The second-order valence-corrected chi connectivity index (χ2v) is 3.69. The summed E-state index contributed by atoms with van der Waals surface area (Å²) in [6.07, 6.45) is -0.0619. The summed E-state index contributed by atoms with van der Waals surface area (Å²) < 4.78 is 13.3. The second kappa shape index (κ2) is 4.59. The molecule has 3 nitrogen and oxygen atoms in total. The highest BCUT2D eigenvalue weighted by atomic mass is 35.5. The predicted molar refractivity (Wildman–Crippen MR) is 55.5 cm³/mol. The Bertz CT molecular complexity index is 395. The van der Waals surface area contributed by atoms with E-state index < -0.39 is 17.8 Å². The van der Waals surface area contributed by atoms with Gasteiger partial charge in [0, 0.05) is 11.4 Å². The first-order chi connectivity index (χ1) is 6.93. The van der Waals surface area contributed by atoms with Crippen LogP contribution in [0.2, 0.25) is 5.02 Å². The fourth-order valence-corrected chi connectivity index (χ4v) is 1.43. The lowest BCUT2D eigenvalue weighted by Crippen LogP contribution is -2.32. The lowest BCUT2D eigenvalue weighted by molar-refractivity contribution is -0.138. The van der Waals surface area contributed by atoms with Crippen LogP contribution in [-0.4, -0.2) is 17.1 Å². The summed E-state index contributed by atoms with van der Waals surface area (Å²) in [5.74, 6) is -1.64. The number of carboxylic acids is 1. The Labute approximate surface area is 91.7 Å². The number of hydrogen-bond acceptors (Lipinski definition) is 2. The molecule has 15 heavy (non-hydrogen) atoms. The molecular weight excluding hydrogens is 221 g/mol. The van der Waals surface area contributed by atoms with Crippen LogP contribution in [0, 0.1) is 12.7 Å². The van der Waals surface area contributed by atoms with Gasteiger partial charge in [0.05, 0.1) is 0 Å². The third-order valence-corrected chi connectivity index (χ3v) is 2.63. The normalized spacial score (nSPS) is 12.5. The van der Waals surface area contributed by atoms with Crippen LogP contribution in [0.25, 0.3) is 0 Å². The minimum absolute atomic E-state index is 0.0619. The van der Waals surface area contributed by atoms with Crippen LogP contribution in [-0.2, 0) is 11.2 Å². The fraction of sp³-hybridized carbons (Fsp3) is 0.300. The van der Waals surface area contributed by atoms with E-state index in [1.54, 1.807) is 6.92 Å². The molecule has 0 saturated carbocycles. The Morgan fingerprint density at radius 3 is 2.80 bits per heavy atom. The van der Waals surface area contributed by atoms with E-state index in [0.29, 0.717) is 10.6 Å².